The SMILES string of the molecule is CCCNC(=O)[C@@H](C)NC(=O)COC(=O)COc1ccc2c(C)cc(=O)oc2c1. The minimum absolute atomic E-state index is 0.312. The third kappa shape index (κ3) is 6.63. The normalized spacial score (nSPS) is 11.6. The molecule has 0 bridgehead atoms. The van der Waals surface area contributed by atoms with Gasteiger partial charge in [-0.15, -0.1) is 0 Å². The Kier molecular flexibility index (Phi) is 7.76. The second kappa shape index (κ2) is 10.3. The second-order valence-corrected chi connectivity index (χ2v) is 6.44. The maximum Gasteiger partial charge on any atom is 0.344 e. The Hall–Kier alpha value is -3.36. The molecule has 9 heteroatoms. The molecule has 0 fully saturated rings. The highest BCUT2D eigenvalue weighted by Crippen LogP contribution is 2.22. The van der Waals surface area contributed by atoms with E-state index in [1.165, 1.54) is 19.1 Å². The van der Waals surface area contributed by atoms with Crippen LogP contribution < -0.4 is 21.0 Å². The van der Waals surface area contributed by atoms with Gasteiger partial charge in [-0.1, -0.05) is 6.92 Å². The maximum atomic E-state index is 11.8. The molecular formula is C20H24N2O7. The monoisotopic (exact) mass is 404 g/mol. The van der Waals surface area contributed by atoms with Crippen molar-refractivity contribution in [1.29, 1.82) is 0 Å². The standard InChI is InChI=1S/C20H24N2O7/c1-4-7-21-20(26)13(3)22-17(23)10-28-19(25)11-27-14-5-6-15-12(2)8-18(24)29-16(15)9-14/h5-6,8-9,13H,4,7,10-11H2,1-3H3,(H,21,26)(H,22,23)/t13-/m1/s1. The van der Waals surface area contributed by atoms with Gasteiger partial charge in [0.25, 0.3) is 5.91 Å². The average molecular weight is 404 g/mol. The van der Waals surface area contributed by atoms with E-state index >= 15 is 0 Å². The van der Waals surface area contributed by atoms with Crippen LogP contribution in [-0.4, -0.2) is 43.6 Å². The molecule has 2 aromatic rings. The molecule has 2 N–H and O–H groups in total. The van der Waals surface area contributed by atoms with Crippen molar-refractivity contribution in [3.63, 3.8) is 0 Å². The van der Waals surface area contributed by atoms with Gasteiger partial charge in [0.15, 0.2) is 13.2 Å². The van der Waals surface area contributed by atoms with Crippen molar-refractivity contribution in [3.05, 3.63) is 40.2 Å². The van der Waals surface area contributed by atoms with Crippen LogP contribution in [0.1, 0.15) is 25.8 Å². The van der Waals surface area contributed by atoms with E-state index in [1.54, 1.807) is 19.1 Å². The largest absolute Gasteiger partial charge is 0.482 e. The van der Waals surface area contributed by atoms with Gasteiger partial charge in [-0.2, -0.15) is 0 Å². The van der Waals surface area contributed by atoms with Crippen molar-refractivity contribution >= 4 is 28.8 Å². The summed E-state index contributed by atoms with van der Waals surface area (Å²) in [5, 5.41) is 5.85. The average Bonchev–Trinajstić information content (AvgIpc) is 2.68. The molecule has 0 radical (unpaired) electrons. The van der Waals surface area contributed by atoms with Gasteiger partial charge in [-0.05, 0) is 38.0 Å². The van der Waals surface area contributed by atoms with Crippen molar-refractivity contribution in [3.8, 4) is 5.75 Å². The summed E-state index contributed by atoms with van der Waals surface area (Å²) < 4.78 is 15.3. The zero-order chi connectivity index (χ0) is 21.4. The van der Waals surface area contributed by atoms with E-state index in [0.29, 0.717) is 17.9 Å². The lowest BCUT2D eigenvalue weighted by molar-refractivity contribution is -0.150. The molecule has 0 spiro atoms. The lowest BCUT2D eigenvalue weighted by Crippen LogP contribution is -2.46. The molecule has 0 unspecified atom stereocenters. The first-order valence-corrected chi connectivity index (χ1v) is 9.20. The zero-order valence-corrected chi connectivity index (χ0v) is 16.6. The number of aryl methyl sites for hydroxylation is 1. The summed E-state index contributed by atoms with van der Waals surface area (Å²) in [6.45, 7) is 4.80. The van der Waals surface area contributed by atoms with Crippen LogP contribution in [0.25, 0.3) is 11.0 Å². The number of rotatable bonds is 9. The van der Waals surface area contributed by atoms with Crippen molar-refractivity contribution in [2.45, 2.75) is 33.2 Å². The molecule has 0 aliphatic heterocycles. The second-order valence-electron chi connectivity index (χ2n) is 6.44. The highest BCUT2D eigenvalue weighted by Gasteiger charge is 2.16. The van der Waals surface area contributed by atoms with Crippen LogP contribution in [0.4, 0.5) is 0 Å². The summed E-state index contributed by atoms with van der Waals surface area (Å²) >= 11 is 0. The Morgan fingerprint density at radius 3 is 2.66 bits per heavy atom. The number of hydrogen-bond donors (Lipinski definition) is 2. The van der Waals surface area contributed by atoms with Gasteiger partial charge < -0.3 is 24.5 Å². The molecule has 1 heterocycles. The predicted octanol–water partition coefficient (Wildman–Crippen LogP) is 1.05. The zero-order valence-electron chi connectivity index (χ0n) is 16.6. The molecule has 0 aliphatic rings. The predicted molar refractivity (Wildman–Crippen MR) is 105 cm³/mol. The molecule has 0 saturated heterocycles. The molecule has 1 atom stereocenters. The van der Waals surface area contributed by atoms with Crippen molar-refractivity contribution in [2.75, 3.05) is 19.8 Å². The van der Waals surface area contributed by atoms with E-state index in [0.717, 1.165) is 17.4 Å². The van der Waals surface area contributed by atoms with Gasteiger partial charge in [-0.25, -0.2) is 9.59 Å². The summed E-state index contributed by atoms with van der Waals surface area (Å²) in [6.07, 6.45) is 0.785. The number of esters is 1. The summed E-state index contributed by atoms with van der Waals surface area (Å²) in [5.74, 6) is -1.35. The van der Waals surface area contributed by atoms with Crippen molar-refractivity contribution < 1.29 is 28.3 Å². The van der Waals surface area contributed by atoms with Gasteiger partial charge in [0.1, 0.15) is 17.4 Å². The van der Waals surface area contributed by atoms with E-state index in [2.05, 4.69) is 10.6 Å². The number of amides is 2. The maximum absolute atomic E-state index is 11.8. The lowest BCUT2D eigenvalue weighted by atomic mass is 10.1. The van der Waals surface area contributed by atoms with E-state index in [1.807, 2.05) is 6.92 Å². The summed E-state index contributed by atoms with van der Waals surface area (Å²) in [5.41, 5.74) is 0.636. The third-order valence-corrected chi connectivity index (χ3v) is 3.96. The van der Waals surface area contributed by atoms with Gasteiger partial charge in [-0.3, -0.25) is 9.59 Å². The van der Waals surface area contributed by atoms with Gasteiger partial charge >= 0.3 is 11.6 Å². The lowest BCUT2D eigenvalue weighted by Gasteiger charge is -2.14. The van der Waals surface area contributed by atoms with E-state index in [4.69, 9.17) is 13.9 Å². The Balaban J connectivity index is 1.79. The molecule has 9 nitrogen and oxygen atoms in total. The van der Waals surface area contributed by atoms with Crippen LogP contribution in [0, 0.1) is 6.92 Å². The van der Waals surface area contributed by atoms with E-state index < -0.39 is 36.8 Å². The summed E-state index contributed by atoms with van der Waals surface area (Å²) in [7, 11) is 0. The number of nitrogens with one attached hydrogen (secondary N) is 2. The van der Waals surface area contributed by atoms with Gasteiger partial charge in [0.05, 0.1) is 0 Å². The van der Waals surface area contributed by atoms with Crippen LogP contribution >= 0.6 is 0 Å². The first-order valence-electron chi connectivity index (χ1n) is 9.20. The van der Waals surface area contributed by atoms with Crippen LogP contribution in [0.5, 0.6) is 5.75 Å². The van der Waals surface area contributed by atoms with Crippen LogP contribution in [0.15, 0.2) is 33.5 Å². The molecule has 0 saturated carbocycles. The number of benzene rings is 1. The Labute approximate surface area is 167 Å². The Bertz CT molecular complexity index is 951. The van der Waals surface area contributed by atoms with Gasteiger partial charge in [0, 0.05) is 24.1 Å². The number of ether oxygens (including phenoxy) is 2. The van der Waals surface area contributed by atoms with E-state index in [9.17, 15) is 19.2 Å². The van der Waals surface area contributed by atoms with Crippen LogP contribution in [-0.2, 0) is 19.1 Å². The molecule has 2 amide bonds. The smallest absolute Gasteiger partial charge is 0.344 e. The summed E-state index contributed by atoms with van der Waals surface area (Å²) in [6, 6.07) is 5.50. The molecule has 156 valence electrons. The first kappa shape index (κ1) is 21.9. The Morgan fingerprint density at radius 2 is 1.93 bits per heavy atom. The summed E-state index contributed by atoms with van der Waals surface area (Å²) in [4.78, 5) is 46.7. The topological polar surface area (TPSA) is 124 Å². The molecular weight excluding hydrogens is 380 g/mol. The third-order valence-electron chi connectivity index (χ3n) is 3.96. The minimum Gasteiger partial charge on any atom is -0.482 e. The Morgan fingerprint density at radius 1 is 1.17 bits per heavy atom. The van der Waals surface area contributed by atoms with Crippen LogP contribution in [0.3, 0.4) is 0 Å². The molecule has 0 aliphatic carbocycles. The molecule has 29 heavy (non-hydrogen) atoms. The van der Waals surface area contributed by atoms with Crippen LogP contribution in [0.2, 0.25) is 0 Å². The number of carbonyl (C=O) groups is 3. The molecule has 1 aromatic carbocycles. The fraction of sp³-hybridized carbons (Fsp3) is 0.400. The van der Waals surface area contributed by atoms with Crippen molar-refractivity contribution in [2.24, 2.45) is 0 Å². The first-order chi connectivity index (χ1) is 13.8. The quantitative estimate of drug-likeness (QED) is 0.473. The highest BCUT2D eigenvalue weighted by molar-refractivity contribution is 5.88. The highest BCUT2D eigenvalue weighted by atomic mass is 16.6. The number of fused-ring (bicyclic) bond motifs is 1. The molecule has 1 aromatic heterocycles. The minimum atomic E-state index is -0.756. The van der Waals surface area contributed by atoms with E-state index in [-0.39, 0.29) is 5.91 Å². The fourth-order valence-corrected chi connectivity index (χ4v) is 2.47. The fourth-order valence-electron chi connectivity index (χ4n) is 2.47. The number of carbonyl (C=O) groups excluding carboxylic acids is 3. The number of hydrogen-bond acceptors (Lipinski definition) is 7. The van der Waals surface area contributed by atoms with Gasteiger partial charge in [0.2, 0.25) is 5.91 Å². The molecule has 2 rings (SSSR count). The van der Waals surface area contributed by atoms with Crippen molar-refractivity contribution in [1.82, 2.24) is 10.6 Å².